The van der Waals surface area contributed by atoms with E-state index in [1.807, 2.05) is 24.3 Å². The third-order valence-corrected chi connectivity index (χ3v) is 6.48. The Morgan fingerprint density at radius 3 is 2.32 bits per heavy atom. The lowest BCUT2D eigenvalue weighted by Crippen LogP contribution is -2.32. The highest BCUT2D eigenvalue weighted by atomic mass is 19.1. The molecule has 1 aromatic heterocycles. The zero-order valence-corrected chi connectivity index (χ0v) is 19.0. The number of hydrogen-bond acceptors (Lipinski definition) is 5. The van der Waals surface area contributed by atoms with Gasteiger partial charge in [0.15, 0.2) is 0 Å². The van der Waals surface area contributed by atoms with Crippen molar-refractivity contribution in [1.29, 1.82) is 0 Å². The number of anilines is 2. The van der Waals surface area contributed by atoms with Gasteiger partial charge in [-0.3, -0.25) is 14.5 Å². The maximum absolute atomic E-state index is 13.5. The fraction of sp³-hybridized carbons (Fsp3) is 0.259. The average molecular weight is 460 g/mol. The summed E-state index contributed by atoms with van der Waals surface area (Å²) in [6.45, 7) is 4.36. The second-order valence-corrected chi connectivity index (χ2v) is 8.87. The van der Waals surface area contributed by atoms with Crippen LogP contribution in [0.3, 0.4) is 0 Å². The van der Waals surface area contributed by atoms with Gasteiger partial charge in [0, 0.05) is 24.5 Å². The van der Waals surface area contributed by atoms with Crippen LogP contribution in [0.4, 0.5) is 15.8 Å². The van der Waals surface area contributed by atoms with Crippen LogP contribution < -0.4 is 10.2 Å². The van der Waals surface area contributed by atoms with Gasteiger partial charge in [0.2, 0.25) is 0 Å². The smallest absolute Gasteiger partial charge is 0.278 e. The SMILES string of the molecule is CC1CCN(c2ccc(NC3=C(c4ccc(F)cc4)C(=O)N(Cc4ccco4)C3=O)cc2)CC1. The van der Waals surface area contributed by atoms with Gasteiger partial charge in [0.05, 0.1) is 18.4 Å². The van der Waals surface area contributed by atoms with Crippen LogP contribution in [0.1, 0.15) is 31.1 Å². The second-order valence-electron chi connectivity index (χ2n) is 8.87. The van der Waals surface area contributed by atoms with E-state index in [4.69, 9.17) is 4.42 Å². The molecule has 174 valence electrons. The molecule has 0 unspecified atom stereocenters. The molecule has 2 aliphatic heterocycles. The van der Waals surface area contributed by atoms with Crippen LogP contribution in [-0.4, -0.2) is 29.8 Å². The Labute approximate surface area is 197 Å². The van der Waals surface area contributed by atoms with Crippen molar-refractivity contribution >= 4 is 28.8 Å². The second kappa shape index (κ2) is 9.17. The van der Waals surface area contributed by atoms with E-state index in [-0.39, 0.29) is 17.8 Å². The highest BCUT2D eigenvalue weighted by Crippen LogP contribution is 2.32. The van der Waals surface area contributed by atoms with E-state index in [9.17, 15) is 14.0 Å². The molecule has 7 heteroatoms. The van der Waals surface area contributed by atoms with Crippen molar-refractivity contribution in [2.24, 2.45) is 5.92 Å². The van der Waals surface area contributed by atoms with Crippen LogP contribution in [0.5, 0.6) is 0 Å². The Balaban J connectivity index is 1.43. The number of furan rings is 1. The van der Waals surface area contributed by atoms with Gasteiger partial charge >= 0.3 is 0 Å². The zero-order valence-electron chi connectivity index (χ0n) is 19.0. The van der Waals surface area contributed by atoms with Crippen molar-refractivity contribution in [3.8, 4) is 0 Å². The first-order chi connectivity index (χ1) is 16.5. The summed E-state index contributed by atoms with van der Waals surface area (Å²) in [5, 5.41) is 3.16. The van der Waals surface area contributed by atoms with E-state index in [1.54, 1.807) is 12.1 Å². The molecule has 1 saturated heterocycles. The number of imide groups is 1. The number of benzene rings is 2. The number of hydrogen-bond donors (Lipinski definition) is 1. The van der Waals surface area contributed by atoms with Crippen LogP contribution in [0.15, 0.2) is 77.0 Å². The van der Waals surface area contributed by atoms with Crippen LogP contribution in [-0.2, 0) is 16.1 Å². The average Bonchev–Trinajstić information content (AvgIpc) is 3.44. The molecule has 2 amide bonds. The Morgan fingerprint density at radius 1 is 0.971 bits per heavy atom. The molecule has 1 N–H and O–H groups in total. The minimum absolute atomic E-state index is 0.0207. The largest absolute Gasteiger partial charge is 0.467 e. The molecule has 0 spiro atoms. The van der Waals surface area contributed by atoms with Gasteiger partial charge in [-0.05, 0) is 72.9 Å². The molecule has 34 heavy (non-hydrogen) atoms. The number of rotatable bonds is 6. The molecular weight excluding hydrogens is 433 g/mol. The number of amides is 2. The van der Waals surface area contributed by atoms with E-state index in [2.05, 4.69) is 17.1 Å². The molecular formula is C27H26FN3O3. The third-order valence-electron chi connectivity index (χ3n) is 6.48. The van der Waals surface area contributed by atoms with E-state index >= 15 is 0 Å². The molecule has 0 saturated carbocycles. The molecule has 5 rings (SSSR count). The Bertz CT molecular complexity index is 1210. The molecule has 2 aromatic carbocycles. The number of nitrogens with one attached hydrogen (secondary N) is 1. The zero-order chi connectivity index (χ0) is 23.7. The Kier molecular flexibility index (Phi) is 5.92. The molecule has 3 aromatic rings. The molecule has 2 aliphatic rings. The van der Waals surface area contributed by atoms with E-state index < -0.39 is 17.6 Å². The lowest BCUT2D eigenvalue weighted by molar-refractivity contribution is -0.137. The lowest BCUT2D eigenvalue weighted by Gasteiger charge is -2.32. The van der Waals surface area contributed by atoms with Crippen molar-refractivity contribution in [3.05, 3.63) is 89.8 Å². The predicted molar refractivity (Wildman–Crippen MR) is 128 cm³/mol. The van der Waals surface area contributed by atoms with Gasteiger partial charge in [0.25, 0.3) is 11.8 Å². The minimum atomic E-state index is -0.449. The summed E-state index contributed by atoms with van der Waals surface area (Å²) in [7, 11) is 0. The fourth-order valence-corrected chi connectivity index (χ4v) is 4.45. The molecule has 1 fully saturated rings. The summed E-state index contributed by atoms with van der Waals surface area (Å²) >= 11 is 0. The van der Waals surface area contributed by atoms with Crippen LogP contribution >= 0.6 is 0 Å². The number of piperidine rings is 1. The first-order valence-electron chi connectivity index (χ1n) is 11.5. The Morgan fingerprint density at radius 2 is 1.68 bits per heavy atom. The molecule has 6 nitrogen and oxygen atoms in total. The summed E-state index contributed by atoms with van der Waals surface area (Å²) in [5.74, 6) is -0.0548. The van der Waals surface area contributed by atoms with E-state index in [1.165, 1.54) is 43.4 Å². The van der Waals surface area contributed by atoms with Crippen molar-refractivity contribution in [1.82, 2.24) is 4.90 Å². The third kappa shape index (κ3) is 4.33. The summed E-state index contributed by atoms with van der Waals surface area (Å²) in [5.41, 5.74) is 2.69. The van der Waals surface area contributed by atoms with E-state index in [0.29, 0.717) is 17.0 Å². The van der Waals surface area contributed by atoms with Gasteiger partial charge in [-0.2, -0.15) is 0 Å². The van der Waals surface area contributed by atoms with Crippen molar-refractivity contribution in [2.45, 2.75) is 26.3 Å². The molecule has 0 bridgehead atoms. The van der Waals surface area contributed by atoms with Crippen molar-refractivity contribution in [3.63, 3.8) is 0 Å². The lowest BCUT2D eigenvalue weighted by atomic mass is 9.99. The number of halogens is 1. The monoisotopic (exact) mass is 459 g/mol. The summed E-state index contributed by atoms with van der Waals surface area (Å²) in [6, 6.07) is 16.9. The normalized spacial score (nSPS) is 17.1. The maximum Gasteiger partial charge on any atom is 0.278 e. The quantitative estimate of drug-likeness (QED) is 0.523. The highest BCUT2D eigenvalue weighted by Gasteiger charge is 2.39. The maximum atomic E-state index is 13.5. The highest BCUT2D eigenvalue weighted by molar-refractivity contribution is 6.36. The first-order valence-corrected chi connectivity index (χ1v) is 11.5. The molecule has 0 aliphatic carbocycles. The first kappa shape index (κ1) is 21.9. The number of carbonyl (C=O) groups is 2. The van der Waals surface area contributed by atoms with Gasteiger partial charge in [-0.25, -0.2) is 4.39 Å². The summed E-state index contributed by atoms with van der Waals surface area (Å²) < 4.78 is 18.9. The molecule has 0 radical (unpaired) electrons. The van der Waals surface area contributed by atoms with Crippen LogP contribution in [0.2, 0.25) is 0 Å². The molecule has 3 heterocycles. The summed E-state index contributed by atoms with van der Waals surface area (Å²) in [4.78, 5) is 30.1. The topological polar surface area (TPSA) is 65.8 Å². The van der Waals surface area contributed by atoms with Crippen LogP contribution in [0, 0.1) is 11.7 Å². The van der Waals surface area contributed by atoms with Crippen molar-refractivity contribution < 1.29 is 18.4 Å². The Hall–Kier alpha value is -3.87. The van der Waals surface area contributed by atoms with Gasteiger partial charge in [-0.15, -0.1) is 0 Å². The van der Waals surface area contributed by atoms with E-state index in [0.717, 1.165) is 29.6 Å². The summed E-state index contributed by atoms with van der Waals surface area (Å²) in [6.07, 6.45) is 3.85. The fourth-order valence-electron chi connectivity index (χ4n) is 4.45. The standard InChI is InChI=1S/C27H26FN3O3/c1-18-12-14-30(15-13-18)22-10-8-21(9-11-22)29-25-24(19-4-6-20(28)7-5-19)26(32)31(27(25)33)17-23-3-2-16-34-23/h2-11,16,18,29H,12-15,17H2,1H3. The van der Waals surface area contributed by atoms with Crippen LogP contribution in [0.25, 0.3) is 5.57 Å². The number of carbonyl (C=O) groups excluding carboxylic acids is 2. The number of nitrogens with zero attached hydrogens (tertiary/aromatic N) is 2. The van der Waals surface area contributed by atoms with Crippen molar-refractivity contribution in [2.75, 3.05) is 23.3 Å². The molecule has 0 atom stereocenters. The van der Waals surface area contributed by atoms with Gasteiger partial charge < -0.3 is 14.6 Å². The van der Waals surface area contributed by atoms with Gasteiger partial charge in [-0.1, -0.05) is 19.1 Å². The van der Waals surface area contributed by atoms with Gasteiger partial charge in [0.1, 0.15) is 17.3 Å². The minimum Gasteiger partial charge on any atom is -0.467 e. The predicted octanol–water partition coefficient (Wildman–Crippen LogP) is 5.05.